The summed E-state index contributed by atoms with van der Waals surface area (Å²) in [6.07, 6.45) is -8.59. The van der Waals surface area contributed by atoms with Gasteiger partial charge in [-0.3, -0.25) is 9.89 Å². The van der Waals surface area contributed by atoms with Gasteiger partial charge in [0.15, 0.2) is 0 Å². The molecule has 0 bridgehead atoms. The van der Waals surface area contributed by atoms with E-state index in [0.717, 1.165) is 0 Å². The largest absolute Gasteiger partial charge is 0.416 e. The number of carbonyl (C=O) groups excluding carboxylic acids is 1. The van der Waals surface area contributed by atoms with Crippen LogP contribution in [0.25, 0.3) is 10.9 Å². The molecule has 0 unspecified atom stereocenters. The summed E-state index contributed by atoms with van der Waals surface area (Å²) in [5.41, 5.74) is -3.00. The van der Waals surface area contributed by atoms with Gasteiger partial charge in [-0.05, 0) is 36.4 Å². The molecule has 3 aromatic rings. The molecule has 2 aromatic carbocycles. The van der Waals surface area contributed by atoms with Gasteiger partial charge in [-0.15, -0.1) is 0 Å². The number of nitrogens with one attached hydrogen (secondary N) is 2. The fourth-order valence-electron chi connectivity index (χ4n) is 2.31. The number of halogens is 6. The van der Waals surface area contributed by atoms with Gasteiger partial charge in [0, 0.05) is 16.6 Å². The zero-order valence-corrected chi connectivity index (χ0v) is 12.7. The lowest BCUT2D eigenvalue weighted by Gasteiger charge is -2.14. The fraction of sp³-hybridized carbons (Fsp3) is 0.125. The maximum Gasteiger partial charge on any atom is 0.416 e. The number of carbonyl (C=O) groups is 1. The van der Waals surface area contributed by atoms with Crippen molar-refractivity contribution >= 4 is 22.5 Å². The zero-order valence-electron chi connectivity index (χ0n) is 12.7. The van der Waals surface area contributed by atoms with Crippen LogP contribution in [0.5, 0.6) is 0 Å². The molecule has 0 spiro atoms. The monoisotopic (exact) mass is 373 g/mol. The highest BCUT2D eigenvalue weighted by Crippen LogP contribution is 2.36. The molecular formula is C16H9F6N3O. The second kappa shape index (κ2) is 6.04. The van der Waals surface area contributed by atoms with Crippen LogP contribution >= 0.6 is 0 Å². The number of amides is 1. The number of nitrogens with zero attached hydrogens (tertiary/aromatic N) is 1. The maximum atomic E-state index is 12.9. The van der Waals surface area contributed by atoms with E-state index in [1.54, 1.807) is 6.07 Å². The molecule has 1 aromatic heterocycles. The zero-order chi connectivity index (χ0) is 19.1. The number of benzene rings is 2. The topological polar surface area (TPSA) is 57.8 Å². The first-order chi connectivity index (χ1) is 12.0. The first kappa shape index (κ1) is 17.8. The molecule has 0 radical (unpaired) electrons. The molecule has 0 aliphatic carbocycles. The summed E-state index contributed by atoms with van der Waals surface area (Å²) in [5.74, 6) is -1.09. The second-order valence-electron chi connectivity index (χ2n) is 5.42. The third kappa shape index (κ3) is 3.63. The summed E-state index contributed by atoms with van der Waals surface area (Å²) in [5, 5.41) is 9.33. The minimum atomic E-state index is -5.02. The Hall–Kier alpha value is -3.04. The predicted molar refractivity (Wildman–Crippen MR) is 80.5 cm³/mol. The van der Waals surface area contributed by atoms with Crippen LogP contribution in [0.1, 0.15) is 21.5 Å². The van der Waals surface area contributed by atoms with Crippen molar-refractivity contribution < 1.29 is 31.1 Å². The molecule has 1 amide bonds. The van der Waals surface area contributed by atoms with Crippen molar-refractivity contribution in [3.8, 4) is 0 Å². The second-order valence-corrected chi connectivity index (χ2v) is 5.42. The molecule has 0 atom stereocenters. The van der Waals surface area contributed by atoms with Crippen LogP contribution in [0, 0.1) is 0 Å². The molecule has 0 aliphatic heterocycles. The van der Waals surface area contributed by atoms with Crippen LogP contribution in [0.3, 0.4) is 0 Å². The number of anilines is 1. The van der Waals surface area contributed by atoms with Crippen LogP contribution < -0.4 is 5.32 Å². The summed E-state index contributed by atoms with van der Waals surface area (Å²) < 4.78 is 77.1. The normalized spacial score (nSPS) is 12.4. The average molecular weight is 373 g/mol. The number of hydrogen-bond donors (Lipinski definition) is 2. The molecule has 136 valence electrons. The lowest BCUT2D eigenvalue weighted by atomic mass is 10.0. The summed E-state index contributed by atoms with van der Waals surface area (Å²) in [6, 6.07) is 5.20. The van der Waals surface area contributed by atoms with E-state index in [4.69, 9.17) is 0 Å². The van der Waals surface area contributed by atoms with E-state index in [0.29, 0.717) is 23.0 Å². The number of alkyl halides is 6. The van der Waals surface area contributed by atoms with E-state index < -0.39 is 35.0 Å². The molecule has 0 saturated heterocycles. The molecule has 0 fully saturated rings. The Bertz CT molecular complexity index is 942. The third-order valence-corrected chi connectivity index (χ3v) is 3.55. The van der Waals surface area contributed by atoms with E-state index in [9.17, 15) is 31.1 Å². The lowest BCUT2D eigenvalue weighted by Crippen LogP contribution is -2.17. The SMILES string of the molecule is O=C(Nc1ccc2[nH]ncc2c1)c1cc(C(F)(F)F)cc(C(F)(F)F)c1. The maximum absolute atomic E-state index is 12.9. The highest BCUT2D eigenvalue weighted by atomic mass is 19.4. The van der Waals surface area contributed by atoms with E-state index >= 15 is 0 Å². The van der Waals surface area contributed by atoms with Crippen molar-refractivity contribution in [3.63, 3.8) is 0 Å². The fourth-order valence-corrected chi connectivity index (χ4v) is 2.31. The summed E-state index contributed by atoms with van der Waals surface area (Å²) >= 11 is 0. The van der Waals surface area contributed by atoms with Gasteiger partial charge >= 0.3 is 12.4 Å². The van der Waals surface area contributed by atoms with Crippen LogP contribution in [0.4, 0.5) is 32.0 Å². The number of H-pyrrole nitrogens is 1. The van der Waals surface area contributed by atoms with Gasteiger partial charge in [-0.25, -0.2) is 0 Å². The van der Waals surface area contributed by atoms with Crippen molar-refractivity contribution in [2.75, 3.05) is 5.32 Å². The number of aromatic nitrogens is 2. The van der Waals surface area contributed by atoms with Gasteiger partial charge in [0.2, 0.25) is 0 Å². The molecule has 0 saturated carbocycles. The summed E-state index contributed by atoms with van der Waals surface area (Å²) in [4.78, 5) is 12.2. The van der Waals surface area contributed by atoms with Gasteiger partial charge in [-0.2, -0.15) is 31.4 Å². The average Bonchev–Trinajstić information content (AvgIpc) is 3.00. The van der Waals surface area contributed by atoms with Crippen molar-refractivity contribution in [3.05, 3.63) is 59.3 Å². The Morgan fingerprint density at radius 2 is 1.54 bits per heavy atom. The number of aromatic amines is 1. The molecule has 2 N–H and O–H groups in total. The Morgan fingerprint density at radius 1 is 0.923 bits per heavy atom. The van der Waals surface area contributed by atoms with Gasteiger partial charge in [0.1, 0.15) is 0 Å². The van der Waals surface area contributed by atoms with E-state index in [1.807, 2.05) is 0 Å². The van der Waals surface area contributed by atoms with Crippen molar-refractivity contribution in [2.24, 2.45) is 0 Å². The van der Waals surface area contributed by atoms with E-state index in [2.05, 4.69) is 15.5 Å². The van der Waals surface area contributed by atoms with E-state index in [1.165, 1.54) is 18.3 Å². The lowest BCUT2D eigenvalue weighted by molar-refractivity contribution is -0.143. The minimum Gasteiger partial charge on any atom is -0.322 e. The Morgan fingerprint density at radius 3 is 2.12 bits per heavy atom. The van der Waals surface area contributed by atoms with Crippen LogP contribution in [-0.4, -0.2) is 16.1 Å². The molecular weight excluding hydrogens is 364 g/mol. The van der Waals surface area contributed by atoms with Gasteiger partial charge < -0.3 is 5.32 Å². The Balaban J connectivity index is 1.97. The highest BCUT2D eigenvalue weighted by molar-refractivity contribution is 6.05. The van der Waals surface area contributed by atoms with Crippen LogP contribution in [0.15, 0.2) is 42.6 Å². The first-order valence-corrected chi connectivity index (χ1v) is 7.08. The minimum absolute atomic E-state index is 0.0334. The summed E-state index contributed by atoms with van der Waals surface area (Å²) in [7, 11) is 0. The first-order valence-electron chi connectivity index (χ1n) is 7.08. The smallest absolute Gasteiger partial charge is 0.322 e. The quantitative estimate of drug-likeness (QED) is 0.631. The van der Waals surface area contributed by atoms with Crippen molar-refractivity contribution in [1.29, 1.82) is 0 Å². The van der Waals surface area contributed by atoms with Crippen LogP contribution in [0.2, 0.25) is 0 Å². The highest BCUT2D eigenvalue weighted by Gasteiger charge is 2.37. The molecule has 1 heterocycles. The number of rotatable bonds is 2. The van der Waals surface area contributed by atoms with Crippen LogP contribution in [-0.2, 0) is 12.4 Å². The summed E-state index contributed by atoms with van der Waals surface area (Å²) in [6.45, 7) is 0. The Labute approximate surface area is 141 Å². The van der Waals surface area contributed by atoms with Gasteiger partial charge in [0.25, 0.3) is 5.91 Å². The van der Waals surface area contributed by atoms with Crippen molar-refractivity contribution in [2.45, 2.75) is 12.4 Å². The van der Waals surface area contributed by atoms with Gasteiger partial charge in [-0.1, -0.05) is 0 Å². The Kier molecular flexibility index (Phi) is 4.13. The third-order valence-electron chi connectivity index (χ3n) is 3.55. The standard InChI is InChI=1S/C16H9F6N3O/c17-15(18,19)10-3-8(4-11(6-10)16(20,21)22)14(26)24-12-1-2-13-9(5-12)7-23-25-13/h1-7H,(H,23,25)(H,24,26). The van der Waals surface area contributed by atoms with Crippen molar-refractivity contribution in [1.82, 2.24) is 10.2 Å². The molecule has 3 rings (SSSR count). The molecule has 10 heteroatoms. The predicted octanol–water partition coefficient (Wildman–Crippen LogP) is 4.85. The van der Waals surface area contributed by atoms with Gasteiger partial charge in [0.05, 0.1) is 22.8 Å². The molecule has 26 heavy (non-hydrogen) atoms. The molecule has 0 aliphatic rings. The number of fused-ring (bicyclic) bond motifs is 1. The number of hydrogen-bond acceptors (Lipinski definition) is 2. The molecule has 4 nitrogen and oxygen atoms in total. The van der Waals surface area contributed by atoms with E-state index in [-0.39, 0.29) is 11.8 Å².